The Bertz CT molecular complexity index is 719. The Morgan fingerprint density at radius 3 is 2.45 bits per heavy atom. The average molecular weight is 361 g/mol. The predicted molar refractivity (Wildman–Crippen MR) is 87.2 cm³/mol. The van der Waals surface area contributed by atoms with Crippen LogP contribution in [0, 0.1) is 0 Å². The maximum Gasteiger partial charge on any atom is 0.358 e. The molecule has 22 heavy (non-hydrogen) atoms. The van der Waals surface area contributed by atoms with Crippen molar-refractivity contribution < 1.29 is 14.3 Å². The second kappa shape index (κ2) is 7.18. The van der Waals surface area contributed by atoms with E-state index in [-0.39, 0.29) is 10.7 Å². The standard InChI is InChI=1S/C15H12Cl3NO3/c1-3-22-14-10(17)5-4-8(12(14)18)11-7-6-9(16)13(19-11)15(20)21-2/h4-7H,3H2,1-2H3. The van der Waals surface area contributed by atoms with Crippen LogP contribution in [0.5, 0.6) is 5.75 Å². The van der Waals surface area contributed by atoms with Crippen LogP contribution >= 0.6 is 34.8 Å². The summed E-state index contributed by atoms with van der Waals surface area (Å²) in [7, 11) is 1.26. The van der Waals surface area contributed by atoms with Gasteiger partial charge in [0.2, 0.25) is 0 Å². The number of methoxy groups -OCH3 is 1. The van der Waals surface area contributed by atoms with E-state index < -0.39 is 5.97 Å². The van der Waals surface area contributed by atoms with Crippen LogP contribution in [-0.4, -0.2) is 24.7 Å². The van der Waals surface area contributed by atoms with E-state index in [4.69, 9.17) is 39.5 Å². The lowest BCUT2D eigenvalue weighted by atomic mass is 10.1. The molecule has 0 fully saturated rings. The molecule has 1 aromatic carbocycles. The van der Waals surface area contributed by atoms with Gasteiger partial charge >= 0.3 is 5.97 Å². The fraction of sp³-hybridized carbons (Fsp3) is 0.200. The topological polar surface area (TPSA) is 48.4 Å². The van der Waals surface area contributed by atoms with Gasteiger partial charge in [-0.05, 0) is 31.2 Å². The lowest BCUT2D eigenvalue weighted by molar-refractivity contribution is 0.0594. The van der Waals surface area contributed by atoms with Crippen LogP contribution in [-0.2, 0) is 4.74 Å². The molecule has 1 heterocycles. The number of aromatic nitrogens is 1. The molecule has 0 saturated carbocycles. The SMILES string of the molecule is CCOc1c(Cl)ccc(-c2ccc(Cl)c(C(=O)OC)n2)c1Cl. The third kappa shape index (κ3) is 3.29. The van der Waals surface area contributed by atoms with Crippen LogP contribution in [0.1, 0.15) is 17.4 Å². The summed E-state index contributed by atoms with van der Waals surface area (Å²) >= 11 is 18.4. The first-order chi connectivity index (χ1) is 10.5. The molecule has 2 aromatic rings. The zero-order chi connectivity index (χ0) is 16.3. The Morgan fingerprint density at radius 1 is 1.14 bits per heavy atom. The number of hydrogen-bond donors (Lipinski definition) is 0. The molecule has 0 unspecified atom stereocenters. The maximum atomic E-state index is 11.7. The molecule has 1 aromatic heterocycles. The van der Waals surface area contributed by atoms with Crippen molar-refractivity contribution in [1.82, 2.24) is 4.98 Å². The van der Waals surface area contributed by atoms with Gasteiger partial charge in [-0.1, -0.05) is 34.8 Å². The Kier molecular flexibility index (Phi) is 5.51. The monoisotopic (exact) mass is 359 g/mol. The minimum absolute atomic E-state index is 0.0191. The summed E-state index contributed by atoms with van der Waals surface area (Å²) < 4.78 is 10.1. The first kappa shape index (κ1) is 16.9. The summed E-state index contributed by atoms with van der Waals surface area (Å²) in [5.74, 6) is -0.248. The third-order valence-corrected chi connectivity index (χ3v) is 3.82. The first-order valence-corrected chi connectivity index (χ1v) is 7.49. The van der Waals surface area contributed by atoms with E-state index in [0.717, 1.165) is 0 Å². The Morgan fingerprint density at radius 2 is 1.82 bits per heavy atom. The van der Waals surface area contributed by atoms with E-state index in [1.807, 2.05) is 6.92 Å². The Balaban J connectivity index is 2.57. The van der Waals surface area contributed by atoms with Gasteiger partial charge in [0.15, 0.2) is 11.4 Å². The number of benzene rings is 1. The van der Waals surface area contributed by atoms with E-state index in [0.29, 0.717) is 33.7 Å². The fourth-order valence-corrected chi connectivity index (χ4v) is 2.60. The highest BCUT2D eigenvalue weighted by molar-refractivity contribution is 6.39. The molecule has 0 radical (unpaired) electrons. The van der Waals surface area contributed by atoms with Crippen LogP contribution in [0.3, 0.4) is 0 Å². The van der Waals surface area contributed by atoms with Gasteiger partial charge in [-0.2, -0.15) is 0 Å². The summed E-state index contributed by atoms with van der Waals surface area (Å²) in [6.07, 6.45) is 0. The molecular weight excluding hydrogens is 349 g/mol. The number of carbonyl (C=O) groups excluding carboxylic acids is 1. The largest absolute Gasteiger partial charge is 0.491 e. The summed E-state index contributed by atoms with van der Waals surface area (Å²) in [5.41, 5.74) is 1.06. The van der Waals surface area contributed by atoms with Crippen molar-refractivity contribution in [2.45, 2.75) is 6.92 Å². The van der Waals surface area contributed by atoms with Gasteiger partial charge in [0.05, 0.1) is 34.5 Å². The van der Waals surface area contributed by atoms with Gasteiger partial charge in [-0.15, -0.1) is 0 Å². The second-order valence-corrected chi connectivity index (χ2v) is 5.38. The van der Waals surface area contributed by atoms with Crippen LogP contribution < -0.4 is 4.74 Å². The van der Waals surface area contributed by atoms with Crippen molar-refractivity contribution in [3.05, 3.63) is 45.0 Å². The van der Waals surface area contributed by atoms with Crippen molar-refractivity contribution in [2.75, 3.05) is 13.7 Å². The third-order valence-electron chi connectivity index (χ3n) is 2.84. The molecule has 0 aliphatic rings. The maximum absolute atomic E-state index is 11.7. The molecule has 0 bridgehead atoms. The smallest absolute Gasteiger partial charge is 0.358 e. The first-order valence-electron chi connectivity index (χ1n) is 6.35. The molecule has 2 rings (SSSR count). The number of nitrogens with zero attached hydrogens (tertiary/aromatic N) is 1. The van der Waals surface area contributed by atoms with E-state index in [9.17, 15) is 4.79 Å². The molecule has 0 saturated heterocycles. The van der Waals surface area contributed by atoms with Crippen LogP contribution in [0.2, 0.25) is 15.1 Å². The van der Waals surface area contributed by atoms with Crippen molar-refractivity contribution in [3.63, 3.8) is 0 Å². The molecule has 0 N–H and O–H groups in total. The van der Waals surface area contributed by atoms with Crippen molar-refractivity contribution in [2.24, 2.45) is 0 Å². The number of esters is 1. The van der Waals surface area contributed by atoms with Gasteiger partial charge in [-0.3, -0.25) is 0 Å². The van der Waals surface area contributed by atoms with Gasteiger partial charge in [-0.25, -0.2) is 9.78 Å². The lowest BCUT2D eigenvalue weighted by Crippen LogP contribution is -2.06. The minimum Gasteiger partial charge on any atom is -0.491 e. The predicted octanol–water partition coefficient (Wildman–Crippen LogP) is 4.89. The summed E-state index contributed by atoms with van der Waals surface area (Å²) in [6, 6.07) is 6.56. The fourth-order valence-electron chi connectivity index (χ4n) is 1.84. The van der Waals surface area contributed by atoms with Crippen molar-refractivity contribution >= 4 is 40.8 Å². The van der Waals surface area contributed by atoms with Gasteiger partial charge in [0, 0.05) is 5.56 Å². The molecule has 7 heteroatoms. The summed E-state index contributed by atoms with van der Waals surface area (Å²) in [5, 5.41) is 0.920. The molecule has 0 spiro atoms. The molecule has 0 atom stereocenters. The normalized spacial score (nSPS) is 10.4. The van der Waals surface area contributed by atoms with Crippen molar-refractivity contribution in [1.29, 1.82) is 0 Å². The van der Waals surface area contributed by atoms with Crippen molar-refractivity contribution in [3.8, 4) is 17.0 Å². The highest BCUT2D eigenvalue weighted by Crippen LogP contribution is 2.40. The van der Waals surface area contributed by atoms with E-state index in [1.54, 1.807) is 24.3 Å². The zero-order valence-electron chi connectivity index (χ0n) is 11.8. The number of hydrogen-bond acceptors (Lipinski definition) is 4. The summed E-state index contributed by atoms with van der Waals surface area (Å²) in [4.78, 5) is 15.9. The van der Waals surface area contributed by atoms with E-state index in [1.165, 1.54) is 7.11 Å². The highest BCUT2D eigenvalue weighted by atomic mass is 35.5. The van der Waals surface area contributed by atoms with Gasteiger partial charge in [0.1, 0.15) is 0 Å². The zero-order valence-corrected chi connectivity index (χ0v) is 14.1. The van der Waals surface area contributed by atoms with E-state index in [2.05, 4.69) is 9.72 Å². The van der Waals surface area contributed by atoms with Gasteiger partial charge in [0.25, 0.3) is 0 Å². The molecular formula is C15H12Cl3NO3. The average Bonchev–Trinajstić information content (AvgIpc) is 2.51. The number of carbonyl (C=O) groups is 1. The number of ether oxygens (including phenoxy) is 2. The highest BCUT2D eigenvalue weighted by Gasteiger charge is 2.18. The molecule has 0 aliphatic carbocycles. The molecule has 4 nitrogen and oxygen atoms in total. The van der Waals surface area contributed by atoms with Gasteiger partial charge < -0.3 is 9.47 Å². The van der Waals surface area contributed by atoms with E-state index >= 15 is 0 Å². The molecule has 116 valence electrons. The molecule has 0 amide bonds. The number of halogens is 3. The second-order valence-electron chi connectivity index (χ2n) is 4.19. The Labute approximate surface area is 142 Å². The lowest BCUT2D eigenvalue weighted by Gasteiger charge is -2.12. The number of pyridine rings is 1. The van der Waals surface area contributed by atoms with Crippen LogP contribution in [0.4, 0.5) is 0 Å². The number of rotatable bonds is 4. The summed E-state index contributed by atoms with van der Waals surface area (Å²) in [6.45, 7) is 2.25. The quantitative estimate of drug-likeness (QED) is 0.728. The minimum atomic E-state index is -0.623. The van der Waals surface area contributed by atoms with Crippen LogP contribution in [0.15, 0.2) is 24.3 Å². The Hall–Kier alpha value is -1.49. The molecule has 0 aliphatic heterocycles. The van der Waals surface area contributed by atoms with Crippen LogP contribution in [0.25, 0.3) is 11.3 Å².